The molecule has 96 valence electrons. The number of rotatable bonds is 2. The van der Waals surface area contributed by atoms with Crippen molar-refractivity contribution in [3.8, 4) is 0 Å². The van der Waals surface area contributed by atoms with E-state index in [0.717, 1.165) is 6.42 Å². The molecule has 0 saturated carbocycles. The topological polar surface area (TPSA) is 89.5 Å². The molecule has 1 heterocycles. The van der Waals surface area contributed by atoms with E-state index in [1.807, 2.05) is 0 Å². The fourth-order valence-corrected chi connectivity index (χ4v) is 2.22. The van der Waals surface area contributed by atoms with Gasteiger partial charge in [-0.3, -0.25) is 14.9 Å². The lowest BCUT2D eigenvalue weighted by molar-refractivity contribution is -0.385. The zero-order valence-corrected chi connectivity index (χ0v) is 10.1. The first-order chi connectivity index (χ1) is 8.50. The Kier molecular flexibility index (Phi) is 3.29. The van der Waals surface area contributed by atoms with Gasteiger partial charge in [0.1, 0.15) is 5.56 Å². The summed E-state index contributed by atoms with van der Waals surface area (Å²) in [6.45, 7) is 2.65. The van der Waals surface area contributed by atoms with Crippen molar-refractivity contribution in [2.75, 3.05) is 13.1 Å². The molecule has 1 aliphatic rings. The zero-order valence-electron chi connectivity index (χ0n) is 10.1. The molecule has 2 N–H and O–H groups in total. The molecular weight excluding hydrogens is 234 g/mol. The molecule has 1 atom stereocenters. The van der Waals surface area contributed by atoms with Gasteiger partial charge in [-0.2, -0.15) is 0 Å². The van der Waals surface area contributed by atoms with Crippen LogP contribution in [0.25, 0.3) is 0 Å². The predicted molar refractivity (Wildman–Crippen MR) is 66.3 cm³/mol. The van der Waals surface area contributed by atoms with Gasteiger partial charge in [-0.1, -0.05) is 12.1 Å². The number of hydrogen-bond acceptors (Lipinski definition) is 4. The highest BCUT2D eigenvalue weighted by Crippen LogP contribution is 2.25. The van der Waals surface area contributed by atoms with Gasteiger partial charge in [-0.05, 0) is 19.4 Å². The monoisotopic (exact) mass is 249 g/mol. The third-order valence-electron chi connectivity index (χ3n) is 3.16. The molecule has 1 saturated heterocycles. The van der Waals surface area contributed by atoms with E-state index in [9.17, 15) is 14.9 Å². The van der Waals surface area contributed by atoms with Gasteiger partial charge >= 0.3 is 0 Å². The molecule has 2 rings (SSSR count). The largest absolute Gasteiger partial charge is 0.337 e. The summed E-state index contributed by atoms with van der Waals surface area (Å²) in [5.74, 6) is -0.307. The summed E-state index contributed by atoms with van der Waals surface area (Å²) in [4.78, 5) is 24.3. The molecule has 0 aromatic heterocycles. The van der Waals surface area contributed by atoms with Crippen molar-refractivity contribution in [1.29, 1.82) is 0 Å². The number of nitrogens with two attached hydrogens (primary N) is 1. The molecular formula is C12H15N3O3. The van der Waals surface area contributed by atoms with Gasteiger partial charge in [0.25, 0.3) is 11.6 Å². The van der Waals surface area contributed by atoms with Gasteiger partial charge in [-0.25, -0.2) is 0 Å². The molecule has 1 aliphatic heterocycles. The van der Waals surface area contributed by atoms with Crippen LogP contribution in [0.4, 0.5) is 5.69 Å². The second kappa shape index (κ2) is 4.73. The number of nitro benzene ring substituents is 1. The predicted octanol–water partition coefficient (Wildman–Crippen LogP) is 1.08. The number of likely N-dealkylation sites (tertiary alicyclic amines) is 1. The van der Waals surface area contributed by atoms with Crippen LogP contribution in [0.3, 0.4) is 0 Å². The molecule has 6 nitrogen and oxygen atoms in total. The Labute approximate surface area is 105 Å². The first-order valence-electron chi connectivity index (χ1n) is 5.79. The van der Waals surface area contributed by atoms with Gasteiger partial charge in [0, 0.05) is 24.7 Å². The molecule has 18 heavy (non-hydrogen) atoms. The van der Waals surface area contributed by atoms with Crippen molar-refractivity contribution < 1.29 is 9.72 Å². The molecule has 1 aromatic carbocycles. The smallest absolute Gasteiger partial charge is 0.285 e. The Bertz CT molecular complexity index is 501. The molecule has 0 unspecified atom stereocenters. The first kappa shape index (κ1) is 12.5. The summed E-state index contributed by atoms with van der Waals surface area (Å²) >= 11 is 0. The lowest BCUT2D eigenvalue weighted by Gasteiger charge is -2.16. The minimum Gasteiger partial charge on any atom is -0.337 e. The molecule has 1 amide bonds. The molecule has 0 aliphatic carbocycles. The number of carbonyl (C=O) groups is 1. The molecule has 1 fully saturated rings. The Morgan fingerprint density at radius 1 is 1.56 bits per heavy atom. The highest BCUT2D eigenvalue weighted by atomic mass is 16.6. The van der Waals surface area contributed by atoms with E-state index >= 15 is 0 Å². The number of hydrogen-bond donors (Lipinski definition) is 1. The quantitative estimate of drug-likeness (QED) is 0.627. The van der Waals surface area contributed by atoms with Crippen LogP contribution in [-0.4, -0.2) is 34.9 Å². The van der Waals surface area contributed by atoms with Crippen LogP contribution in [-0.2, 0) is 0 Å². The lowest BCUT2D eigenvalue weighted by Crippen LogP contribution is -2.32. The van der Waals surface area contributed by atoms with Crippen LogP contribution in [0, 0.1) is 17.0 Å². The standard InChI is InChI=1S/C12H15N3O3/c1-8-3-2-4-10(11(8)15(17)18)12(16)14-6-5-9(13)7-14/h2-4,9H,5-7,13H2,1H3/t9-/m0/s1. The van der Waals surface area contributed by atoms with E-state index in [0.29, 0.717) is 18.7 Å². The zero-order chi connectivity index (χ0) is 13.3. The molecule has 0 radical (unpaired) electrons. The highest BCUT2D eigenvalue weighted by molar-refractivity contribution is 5.98. The number of para-hydroxylation sites is 1. The van der Waals surface area contributed by atoms with E-state index in [-0.39, 0.29) is 23.2 Å². The van der Waals surface area contributed by atoms with E-state index in [1.54, 1.807) is 24.0 Å². The van der Waals surface area contributed by atoms with Gasteiger partial charge in [-0.15, -0.1) is 0 Å². The second-order valence-corrected chi connectivity index (χ2v) is 4.53. The maximum absolute atomic E-state index is 12.2. The Balaban J connectivity index is 2.36. The van der Waals surface area contributed by atoms with Crippen LogP contribution in [0.1, 0.15) is 22.3 Å². The first-order valence-corrected chi connectivity index (χ1v) is 5.79. The number of amides is 1. The van der Waals surface area contributed by atoms with Crippen LogP contribution in [0.5, 0.6) is 0 Å². The van der Waals surface area contributed by atoms with Crippen molar-refractivity contribution >= 4 is 11.6 Å². The van der Waals surface area contributed by atoms with Crippen LogP contribution < -0.4 is 5.73 Å². The molecule has 1 aromatic rings. The van der Waals surface area contributed by atoms with Crippen molar-refractivity contribution in [3.63, 3.8) is 0 Å². The number of aryl methyl sites for hydroxylation is 1. The summed E-state index contributed by atoms with van der Waals surface area (Å²) in [5.41, 5.74) is 6.27. The SMILES string of the molecule is Cc1cccc(C(=O)N2CC[C@H](N)C2)c1[N+](=O)[O-]. The van der Waals surface area contributed by atoms with E-state index in [1.165, 1.54) is 6.07 Å². The van der Waals surface area contributed by atoms with Crippen molar-refractivity contribution in [2.45, 2.75) is 19.4 Å². The maximum Gasteiger partial charge on any atom is 0.285 e. The Hall–Kier alpha value is -1.95. The summed E-state index contributed by atoms with van der Waals surface area (Å²) in [6.07, 6.45) is 0.741. The number of benzene rings is 1. The minimum absolute atomic E-state index is 0.0298. The van der Waals surface area contributed by atoms with Crippen LogP contribution in [0.2, 0.25) is 0 Å². The summed E-state index contributed by atoms with van der Waals surface area (Å²) in [5, 5.41) is 11.0. The minimum atomic E-state index is -0.501. The van der Waals surface area contributed by atoms with E-state index in [4.69, 9.17) is 5.73 Å². The Morgan fingerprint density at radius 2 is 2.28 bits per heavy atom. The summed E-state index contributed by atoms with van der Waals surface area (Å²) in [6, 6.07) is 4.76. The van der Waals surface area contributed by atoms with E-state index in [2.05, 4.69) is 0 Å². The lowest BCUT2D eigenvalue weighted by atomic mass is 10.1. The number of carbonyl (C=O) groups excluding carboxylic acids is 1. The normalized spacial score (nSPS) is 19.0. The Morgan fingerprint density at radius 3 is 2.83 bits per heavy atom. The van der Waals surface area contributed by atoms with Gasteiger partial charge < -0.3 is 10.6 Å². The third kappa shape index (κ3) is 2.19. The van der Waals surface area contributed by atoms with Crippen molar-refractivity contribution in [2.24, 2.45) is 5.73 Å². The number of nitro groups is 1. The fourth-order valence-electron chi connectivity index (χ4n) is 2.22. The molecule has 0 bridgehead atoms. The van der Waals surface area contributed by atoms with Gasteiger partial charge in [0.05, 0.1) is 4.92 Å². The second-order valence-electron chi connectivity index (χ2n) is 4.53. The van der Waals surface area contributed by atoms with Crippen LogP contribution >= 0.6 is 0 Å². The molecule has 6 heteroatoms. The number of nitrogens with zero attached hydrogens (tertiary/aromatic N) is 2. The summed E-state index contributed by atoms with van der Waals surface area (Å²) in [7, 11) is 0. The van der Waals surface area contributed by atoms with Gasteiger partial charge in [0.15, 0.2) is 0 Å². The average molecular weight is 249 g/mol. The summed E-state index contributed by atoms with van der Waals surface area (Å²) < 4.78 is 0. The van der Waals surface area contributed by atoms with Crippen molar-refractivity contribution in [3.05, 3.63) is 39.4 Å². The third-order valence-corrected chi connectivity index (χ3v) is 3.16. The van der Waals surface area contributed by atoms with Crippen molar-refractivity contribution in [1.82, 2.24) is 4.90 Å². The fraction of sp³-hybridized carbons (Fsp3) is 0.417. The average Bonchev–Trinajstić information content (AvgIpc) is 2.74. The highest BCUT2D eigenvalue weighted by Gasteiger charge is 2.29. The molecule has 0 spiro atoms. The van der Waals surface area contributed by atoms with Crippen LogP contribution in [0.15, 0.2) is 18.2 Å². The van der Waals surface area contributed by atoms with E-state index < -0.39 is 4.92 Å². The van der Waals surface area contributed by atoms with Gasteiger partial charge in [0.2, 0.25) is 0 Å². The maximum atomic E-state index is 12.2.